The minimum atomic E-state index is -0.374. The standard InChI is InChI=1S/C15H16FN3OS/c1-9-4-5-12(16)7-13(9)19-14(20)8-21-15-17-10(2)6-11(3)18-15/h4-7H,8H2,1-3H3,(H,19,20). The van der Waals surface area contributed by atoms with Gasteiger partial charge in [-0.15, -0.1) is 0 Å². The molecule has 0 unspecified atom stereocenters. The molecule has 1 N–H and O–H groups in total. The molecule has 2 aromatic rings. The number of halogens is 1. The Labute approximate surface area is 127 Å². The molecule has 0 atom stereocenters. The molecule has 0 aliphatic heterocycles. The summed E-state index contributed by atoms with van der Waals surface area (Å²) in [5.74, 6) is -0.406. The maximum atomic E-state index is 13.2. The smallest absolute Gasteiger partial charge is 0.234 e. The van der Waals surface area contributed by atoms with Gasteiger partial charge < -0.3 is 5.32 Å². The second-order valence-corrected chi connectivity index (χ2v) is 5.67. The first-order chi connectivity index (χ1) is 9.94. The fourth-order valence-electron chi connectivity index (χ4n) is 1.80. The van der Waals surface area contributed by atoms with Crippen molar-refractivity contribution in [3.05, 3.63) is 47.0 Å². The van der Waals surface area contributed by atoms with Gasteiger partial charge in [-0.1, -0.05) is 17.8 Å². The van der Waals surface area contributed by atoms with Crippen molar-refractivity contribution < 1.29 is 9.18 Å². The number of nitrogens with one attached hydrogen (secondary N) is 1. The molecule has 110 valence electrons. The summed E-state index contributed by atoms with van der Waals surface area (Å²) in [4.78, 5) is 20.4. The van der Waals surface area contributed by atoms with Crippen LogP contribution in [-0.2, 0) is 4.79 Å². The quantitative estimate of drug-likeness (QED) is 0.696. The summed E-state index contributed by atoms with van der Waals surface area (Å²) < 4.78 is 13.2. The molecular formula is C15H16FN3OS. The first kappa shape index (κ1) is 15.4. The van der Waals surface area contributed by atoms with Crippen molar-refractivity contribution in [3.63, 3.8) is 0 Å². The first-order valence-electron chi connectivity index (χ1n) is 6.45. The Kier molecular flexibility index (Phi) is 4.90. The van der Waals surface area contributed by atoms with Crippen LogP contribution in [0.25, 0.3) is 0 Å². The number of benzene rings is 1. The molecule has 1 heterocycles. The van der Waals surface area contributed by atoms with Crippen LogP contribution in [0.3, 0.4) is 0 Å². The second kappa shape index (κ2) is 6.67. The van der Waals surface area contributed by atoms with E-state index in [2.05, 4.69) is 15.3 Å². The molecule has 0 aliphatic carbocycles. The van der Waals surface area contributed by atoms with Crippen LogP contribution in [0.15, 0.2) is 29.4 Å². The van der Waals surface area contributed by atoms with Gasteiger partial charge in [-0.2, -0.15) is 0 Å². The third-order valence-corrected chi connectivity index (χ3v) is 3.62. The van der Waals surface area contributed by atoms with Gasteiger partial charge in [-0.05, 0) is 44.5 Å². The Morgan fingerprint density at radius 2 is 1.86 bits per heavy atom. The monoisotopic (exact) mass is 305 g/mol. The molecule has 2 rings (SSSR count). The fraction of sp³-hybridized carbons (Fsp3) is 0.267. The van der Waals surface area contributed by atoms with Crippen molar-refractivity contribution in [1.29, 1.82) is 0 Å². The molecule has 1 aromatic heterocycles. The van der Waals surface area contributed by atoms with Crippen molar-refractivity contribution in [2.75, 3.05) is 11.1 Å². The predicted molar refractivity (Wildman–Crippen MR) is 82.0 cm³/mol. The highest BCUT2D eigenvalue weighted by Crippen LogP contribution is 2.18. The summed E-state index contributed by atoms with van der Waals surface area (Å²) in [5, 5.41) is 3.26. The number of hydrogen-bond donors (Lipinski definition) is 1. The number of anilines is 1. The fourth-order valence-corrected chi connectivity index (χ4v) is 2.55. The Morgan fingerprint density at radius 1 is 1.19 bits per heavy atom. The van der Waals surface area contributed by atoms with E-state index in [1.165, 1.54) is 23.9 Å². The normalized spacial score (nSPS) is 10.5. The van der Waals surface area contributed by atoms with Crippen LogP contribution in [0.5, 0.6) is 0 Å². The lowest BCUT2D eigenvalue weighted by Crippen LogP contribution is -2.15. The maximum absolute atomic E-state index is 13.2. The average Bonchev–Trinajstić information content (AvgIpc) is 2.40. The summed E-state index contributed by atoms with van der Waals surface area (Å²) in [6, 6.07) is 6.18. The number of aryl methyl sites for hydroxylation is 3. The highest BCUT2D eigenvalue weighted by molar-refractivity contribution is 7.99. The number of aromatic nitrogens is 2. The Balaban J connectivity index is 1.97. The molecule has 0 spiro atoms. The van der Waals surface area contributed by atoms with Gasteiger partial charge in [0.25, 0.3) is 0 Å². The van der Waals surface area contributed by atoms with Crippen molar-refractivity contribution in [2.24, 2.45) is 0 Å². The van der Waals surface area contributed by atoms with E-state index >= 15 is 0 Å². The molecule has 1 aromatic carbocycles. The van der Waals surface area contributed by atoms with E-state index < -0.39 is 0 Å². The number of nitrogens with zero attached hydrogens (tertiary/aromatic N) is 2. The number of carbonyl (C=O) groups excluding carboxylic acids is 1. The van der Waals surface area contributed by atoms with E-state index in [4.69, 9.17) is 0 Å². The molecule has 0 fully saturated rings. The van der Waals surface area contributed by atoms with Gasteiger partial charge in [-0.3, -0.25) is 4.79 Å². The molecule has 0 saturated heterocycles. The zero-order valence-corrected chi connectivity index (χ0v) is 12.9. The zero-order valence-electron chi connectivity index (χ0n) is 12.1. The first-order valence-corrected chi connectivity index (χ1v) is 7.43. The summed E-state index contributed by atoms with van der Waals surface area (Å²) in [7, 11) is 0. The summed E-state index contributed by atoms with van der Waals surface area (Å²) in [6.45, 7) is 5.58. The van der Waals surface area contributed by atoms with E-state index in [1.54, 1.807) is 6.07 Å². The minimum absolute atomic E-state index is 0.179. The average molecular weight is 305 g/mol. The van der Waals surface area contributed by atoms with E-state index in [-0.39, 0.29) is 17.5 Å². The van der Waals surface area contributed by atoms with Crippen LogP contribution in [0.2, 0.25) is 0 Å². The second-order valence-electron chi connectivity index (χ2n) is 4.73. The summed E-state index contributed by atoms with van der Waals surface area (Å²) in [6.07, 6.45) is 0. The maximum Gasteiger partial charge on any atom is 0.234 e. The molecule has 0 bridgehead atoms. The lowest BCUT2D eigenvalue weighted by molar-refractivity contribution is -0.113. The van der Waals surface area contributed by atoms with Gasteiger partial charge in [0.2, 0.25) is 5.91 Å². The molecule has 0 aliphatic rings. The number of hydrogen-bond acceptors (Lipinski definition) is 4. The van der Waals surface area contributed by atoms with Crippen LogP contribution in [0.1, 0.15) is 17.0 Å². The Hall–Kier alpha value is -1.95. The van der Waals surface area contributed by atoms with Crippen molar-refractivity contribution in [3.8, 4) is 0 Å². The predicted octanol–water partition coefficient (Wildman–Crippen LogP) is 3.27. The largest absolute Gasteiger partial charge is 0.325 e. The lowest BCUT2D eigenvalue weighted by Gasteiger charge is -2.08. The van der Waals surface area contributed by atoms with Crippen LogP contribution in [-0.4, -0.2) is 21.6 Å². The minimum Gasteiger partial charge on any atom is -0.325 e. The lowest BCUT2D eigenvalue weighted by atomic mass is 10.2. The van der Waals surface area contributed by atoms with Crippen molar-refractivity contribution in [1.82, 2.24) is 9.97 Å². The summed E-state index contributed by atoms with van der Waals surface area (Å²) >= 11 is 1.26. The van der Waals surface area contributed by atoms with Gasteiger partial charge >= 0.3 is 0 Å². The van der Waals surface area contributed by atoms with Gasteiger partial charge in [0.1, 0.15) is 5.82 Å². The molecule has 4 nitrogen and oxygen atoms in total. The molecule has 6 heteroatoms. The van der Waals surface area contributed by atoms with E-state index in [0.29, 0.717) is 10.8 Å². The zero-order chi connectivity index (χ0) is 15.4. The van der Waals surface area contributed by atoms with E-state index in [9.17, 15) is 9.18 Å². The van der Waals surface area contributed by atoms with Crippen LogP contribution < -0.4 is 5.32 Å². The number of rotatable bonds is 4. The topological polar surface area (TPSA) is 54.9 Å². The van der Waals surface area contributed by atoms with E-state index in [0.717, 1.165) is 17.0 Å². The van der Waals surface area contributed by atoms with Gasteiger partial charge in [-0.25, -0.2) is 14.4 Å². The highest BCUT2D eigenvalue weighted by Gasteiger charge is 2.08. The molecular weight excluding hydrogens is 289 g/mol. The number of amides is 1. The number of thioether (sulfide) groups is 1. The van der Waals surface area contributed by atoms with Crippen molar-refractivity contribution >= 4 is 23.4 Å². The number of carbonyl (C=O) groups is 1. The van der Waals surface area contributed by atoms with Crippen LogP contribution >= 0.6 is 11.8 Å². The molecule has 1 amide bonds. The van der Waals surface area contributed by atoms with Crippen LogP contribution in [0, 0.1) is 26.6 Å². The highest BCUT2D eigenvalue weighted by atomic mass is 32.2. The molecule has 21 heavy (non-hydrogen) atoms. The van der Waals surface area contributed by atoms with Gasteiger partial charge in [0, 0.05) is 17.1 Å². The Morgan fingerprint density at radius 3 is 2.52 bits per heavy atom. The SMILES string of the molecule is Cc1cc(C)nc(SCC(=O)Nc2cc(F)ccc2C)n1. The summed E-state index contributed by atoms with van der Waals surface area (Å²) in [5.41, 5.74) is 3.04. The third kappa shape index (κ3) is 4.53. The van der Waals surface area contributed by atoms with Gasteiger partial charge in [0.05, 0.1) is 5.75 Å². The van der Waals surface area contributed by atoms with Crippen molar-refractivity contribution in [2.45, 2.75) is 25.9 Å². The molecule has 0 saturated carbocycles. The molecule has 0 radical (unpaired) electrons. The van der Waals surface area contributed by atoms with E-state index in [1.807, 2.05) is 26.8 Å². The van der Waals surface area contributed by atoms with Crippen LogP contribution in [0.4, 0.5) is 10.1 Å². The third-order valence-electron chi connectivity index (χ3n) is 2.77. The Bertz CT molecular complexity index is 656. The van der Waals surface area contributed by atoms with Gasteiger partial charge in [0.15, 0.2) is 5.16 Å².